The molecule has 0 amide bonds. The molecule has 2 N–H and O–H groups in total. The highest BCUT2D eigenvalue weighted by Gasteiger charge is 2.24. The third-order valence-corrected chi connectivity index (χ3v) is 4.73. The molecule has 1 saturated heterocycles. The van der Waals surface area contributed by atoms with Crippen LogP contribution in [0.25, 0.3) is 11.2 Å². The highest BCUT2D eigenvalue weighted by molar-refractivity contribution is 5.82. The van der Waals surface area contributed by atoms with Gasteiger partial charge in [0, 0.05) is 19.6 Å². The molecule has 0 spiro atoms. The zero-order valence-electron chi connectivity index (χ0n) is 14.4. The fraction of sp³-hybridized carbons (Fsp3) is 0.562. The fourth-order valence-electron chi connectivity index (χ4n) is 3.25. The van der Waals surface area contributed by atoms with Gasteiger partial charge in [0.2, 0.25) is 0 Å². The molecule has 3 aromatic rings. The van der Waals surface area contributed by atoms with Gasteiger partial charge in [0.25, 0.3) is 0 Å². The minimum atomic E-state index is -0.954. The summed E-state index contributed by atoms with van der Waals surface area (Å²) in [6.45, 7) is 6.13. The molecule has 1 aliphatic rings. The van der Waals surface area contributed by atoms with Crippen LogP contribution in [0.15, 0.2) is 18.9 Å². The molecule has 0 aromatic carbocycles. The number of H-pyrrole nitrogens is 1. The van der Waals surface area contributed by atoms with Crippen LogP contribution in [0.4, 0.5) is 5.82 Å². The summed E-state index contributed by atoms with van der Waals surface area (Å²) in [5, 5.41) is 18.2. The minimum absolute atomic E-state index is 0.534. The number of nitrogens with zero attached hydrogens (tertiary/aromatic N) is 7. The van der Waals surface area contributed by atoms with Gasteiger partial charge in [-0.15, -0.1) is 5.10 Å². The van der Waals surface area contributed by atoms with Crippen LogP contribution in [-0.2, 0) is 12.1 Å². The molecular formula is C16H22N8O. The Labute approximate surface area is 145 Å². The second-order valence-corrected chi connectivity index (χ2v) is 7.11. The Balaban J connectivity index is 1.40. The molecule has 0 unspecified atom stereocenters. The van der Waals surface area contributed by atoms with Crippen molar-refractivity contribution in [3.63, 3.8) is 0 Å². The summed E-state index contributed by atoms with van der Waals surface area (Å²) in [5.41, 5.74) is 1.25. The van der Waals surface area contributed by atoms with Crippen molar-refractivity contribution in [1.82, 2.24) is 34.9 Å². The number of hydrogen-bond acceptors (Lipinski definition) is 7. The molecule has 4 rings (SSSR count). The number of fused-ring (bicyclic) bond motifs is 1. The van der Waals surface area contributed by atoms with Crippen LogP contribution >= 0.6 is 0 Å². The van der Waals surface area contributed by atoms with Gasteiger partial charge in [0.05, 0.1) is 12.5 Å². The molecule has 0 radical (unpaired) electrons. The van der Waals surface area contributed by atoms with Gasteiger partial charge >= 0.3 is 0 Å². The number of aromatic nitrogens is 7. The summed E-state index contributed by atoms with van der Waals surface area (Å²) < 4.78 is 1.84. The first-order chi connectivity index (χ1) is 12.0. The molecular weight excluding hydrogens is 320 g/mol. The van der Waals surface area contributed by atoms with Crippen molar-refractivity contribution >= 4 is 17.0 Å². The van der Waals surface area contributed by atoms with E-state index in [1.165, 1.54) is 0 Å². The monoisotopic (exact) mass is 342 g/mol. The van der Waals surface area contributed by atoms with Crippen molar-refractivity contribution in [3.8, 4) is 0 Å². The first-order valence-corrected chi connectivity index (χ1v) is 8.53. The van der Waals surface area contributed by atoms with E-state index in [9.17, 15) is 5.11 Å². The Kier molecular flexibility index (Phi) is 3.87. The third kappa shape index (κ3) is 3.19. The summed E-state index contributed by atoms with van der Waals surface area (Å²) in [6, 6.07) is 0. The Morgan fingerprint density at radius 1 is 1.24 bits per heavy atom. The number of aliphatic hydroxyl groups is 1. The Morgan fingerprint density at radius 3 is 2.76 bits per heavy atom. The maximum absolute atomic E-state index is 10.00. The molecule has 132 valence electrons. The second kappa shape index (κ2) is 6.07. The molecule has 0 atom stereocenters. The summed E-state index contributed by atoms with van der Waals surface area (Å²) in [4.78, 5) is 18.2. The van der Waals surface area contributed by atoms with E-state index in [0.717, 1.165) is 43.8 Å². The van der Waals surface area contributed by atoms with Crippen LogP contribution in [0, 0.1) is 5.92 Å². The van der Waals surface area contributed by atoms with Gasteiger partial charge in [-0.25, -0.2) is 15.0 Å². The van der Waals surface area contributed by atoms with Crippen LogP contribution in [0.3, 0.4) is 0 Å². The summed E-state index contributed by atoms with van der Waals surface area (Å²) in [6.07, 6.45) is 7.17. The van der Waals surface area contributed by atoms with Crippen LogP contribution in [0.1, 0.15) is 32.4 Å². The van der Waals surface area contributed by atoms with Gasteiger partial charge in [-0.2, -0.15) is 0 Å². The largest absolute Gasteiger partial charge is 0.384 e. The van der Waals surface area contributed by atoms with Crippen molar-refractivity contribution in [2.24, 2.45) is 5.92 Å². The van der Waals surface area contributed by atoms with Gasteiger partial charge in [-0.1, -0.05) is 5.21 Å². The average Bonchev–Trinajstić information content (AvgIpc) is 3.23. The summed E-state index contributed by atoms with van der Waals surface area (Å²) >= 11 is 0. The van der Waals surface area contributed by atoms with E-state index in [-0.39, 0.29) is 0 Å². The Bertz CT molecular complexity index is 856. The Morgan fingerprint density at radius 2 is 2.04 bits per heavy atom. The predicted molar refractivity (Wildman–Crippen MR) is 91.9 cm³/mol. The van der Waals surface area contributed by atoms with Gasteiger partial charge in [0.15, 0.2) is 11.5 Å². The van der Waals surface area contributed by atoms with Crippen LogP contribution in [0.5, 0.6) is 0 Å². The van der Waals surface area contributed by atoms with E-state index in [1.807, 2.05) is 10.9 Å². The quantitative estimate of drug-likeness (QED) is 0.730. The van der Waals surface area contributed by atoms with E-state index < -0.39 is 5.60 Å². The van der Waals surface area contributed by atoms with Gasteiger partial charge in [-0.3, -0.25) is 4.68 Å². The number of piperidine rings is 1. The third-order valence-electron chi connectivity index (χ3n) is 4.73. The van der Waals surface area contributed by atoms with Crippen molar-refractivity contribution in [3.05, 3.63) is 24.5 Å². The summed E-state index contributed by atoms with van der Waals surface area (Å²) in [5.74, 6) is 1.46. The first-order valence-electron chi connectivity index (χ1n) is 8.53. The zero-order chi connectivity index (χ0) is 17.4. The second-order valence-electron chi connectivity index (χ2n) is 7.11. The molecule has 9 nitrogen and oxygen atoms in total. The van der Waals surface area contributed by atoms with E-state index in [1.54, 1.807) is 26.5 Å². The first kappa shape index (κ1) is 15.9. The smallest absolute Gasteiger partial charge is 0.182 e. The summed E-state index contributed by atoms with van der Waals surface area (Å²) in [7, 11) is 0. The van der Waals surface area contributed by atoms with Crippen molar-refractivity contribution in [1.29, 1.82) is 0 Å². The SMILES string of the molecule is CC(C)(O)c1cn(CC2CCN(c3ncnc4nc[nH]c34)CC2)nn1. The number of rotatable bonds is 4. The van der Waals surface area contributed by atoms with E-state index in [2.05, 4.69) is 35.1 Å². The molecule has 1 fully saturated rings. The predicted octanol–water partition coefficient (Wildman–Crippen LogP) is 1.09. The van der Waals surface area contributed by atoms with E-state index in [4.69, 9.17) is 0 Å². The number of aromatic amines is 1. The number of anilines is 1. The maximum Gasteiger partial charge on any atom is 0.182 e. The lowest BCUT2D eigenvalue weighted by Gasteiger charge is -2.32. The highest BCUT2D eigenvalue weighted by Crippen LogP contribution is 2.26. The van der Waals surface area contributed by atoms with Crippen LogP contribution in [0.2, 0.25) is 0 Å². The standard InChI is InChI=1S/C16H22N8O/c1-16(2,25)12-8-24(22-21-12)7-11-3-5-23(6-4-11)15-13-14(18-9-17-13)19-10-20-15/h8-11,25H,3-7H2,1-2H3,(H,17,18,19,20). The molecule has 3 aromatic heterocycles. The number of imidazole rings is 1. The molecule has 1 aliphatic heterocycles. The van der Waals surface area contributed by atoms with E-state index in [0.29, 0.717) is 17.3 Å². The van der Waals surface area contributed by atoms with Crippen LogP contribution in [-0.4, -0.2) is 53.1 Å². The maximum atomic E-state index is 10.00. The molecule has 0 saturated carbocycles. The molecule has 0 bridgehead atoms. The van der Waals surface area contributed by atoms with Crippen LogP contribution < -0.4 is 4.90 Å². The van der Waals surface area contributed by atoms with Crippen molar-refractivity contribution in [2.75, 3.05) is 18.0 Å². The molecule has 25 heavy (non-hydrogen) atoms. The lowest BCUT2D eigenvalue weighted by atomic mass is 9.97. The highest BCUT2D eigenvalue weighted by atomic mass is 16.3. The van der Waals surface area contributed by atoms with Gasteiger partial charge in [-0.05, 0) is 32.6 Å². The van der Waals surface area contributed by atoms with Crippen molar-refractivity contribution < 1.29 is 5.11 Å². The molecule has 9 heteroatoms. The zero-order valence-corrected chi connectivity index (χ0v) is 14.4. The topological polar surface area (TPSA) is 109 Å². The van der Waals surface area contributed by atoms with Gasteiger partial charge in [0.1, 0.15) is 23.1 Å². The minimum Gasteiger partial charge on any atom is -0.384 e. The lowest BCUT2D eigenvalue weighted by Crippen LogP contribution is -2.35. The normalized spacial score (nSPS) is 16.7. The number of hydrogen-bond donors (Lipinski definition) is 2. The van der Waals surface area contributed by atoms with Crippen molar-refractivity contribution in [2.45, 2.75) is 38.8 Å². The lowest BCUT2D eigenvalue weighted by molar-refractivity contribution is 0.0737. The van der Waals surface area contributed by atoms with Gasteiger partial charge < -0.3 is 15.0 Å². The fourth-order valence-corrected chi connectivity index (χ4v) is 3.25. The Hall–Kier alpha value is -2.55. The number of nitrogens with one attached hydrogen (secondary N) is 1. The average molecular weight is 342 g/mol. The van der Waals surface area contributed by atoms with E-state index >= 15 is 0 Å². The molecule has 4 heterocycles. The molecule has 0 aliphatic carbocycles.